The summed E-state index contributed by atoms with van der Waals surface area (Å²) in [6.45, 7) is 0.253. The zero-order chi connectivity index (χ0) is 22.7. The van der Waals surface area contributed by atoms with Gasteiger partial charge in [0.1, 0.15) is 12.3 Å². The topological polar surface area (TPSA) is 99.7 Å². The number of aromatic nitrogens is 1. The summed E-state index contributed by atoms with van der Waals surface area (Å²) in [6.07, 6.45) is 1.25. The van der Waals surface area contributed by atoms with Gasteiger partial charge in [-0.2, -0.15) is 0 Å². The van der Waals surface area contributed by atoms with Crippen molar-refractivity contribution in [1.82, 2.24) is 0 Å². The molecule has 1 amide bonds. The number of carboxylic acid groups (broad SMARTS) is 1. The summed E-state index contributed by atoms with van der Waals surface area (Å²) in [6, 6.07) is 12.5. The average Bonchev–Trinajstić information content (AvgIpc) is 2.74. The predicted molar refractivity (Wildman–Crippen MR) is 127 cm³/mol. The third-order valence-electron chi connectivity index (χ3n) is 4.09. The predicted octanol–water partition coefficient (Wildman–Crippen LogP) is 5.79. The van der Waals surface area contributed by atoms with E-state index in [-0.39, 0.29) is 38.2 Å². The van der Waals surface area contributed by atoms with Crippen molar-refractivity contribution in [2.24, 2.45) is 0 Å². The molecule has 160 valence electrons. The molecular weight excluding hydrogens is 668 g/mol. The van der Waals surface area contributed by atoms with Gasteiger partial charge in [0, 0.05) is 22.6 Å². The van der Waals surface area contributed by atoms with Crippen LogP contribution in [0.5, 0.6) is 5.88 Å². The highest BCUT2D eigenvalue weighted by Gasteiger charge is 2.28. The Morgan fingerprint density at radius 2 is 1.52 bits per heavy atom. The lowest BCUT2D eigenvalue weighted by atomic mass is 10.1. The Labute approximate surface area is 210 Å². The molecule has 0 spiro atoms. The Kier molecular flexibility index (Phi) is 7.73. The largest absolute Gasteiger partial charge is 0.478 e. The third-order valence-corrected chi connectivity index (χ3v) is 8.86. The van der Waals surface area contributed by atoms with Crippen LogP contribution in [0.2, 0.25) is 0 Å². The number of halogens is 4. The molecule has 11 heteroatoms. The van der Waals surface area contributed by atoms with Gasteiger partial charge in [0.15, 0.2) is 0 Å². The minimum Gasteiger partial charge on any atom is -0.478 e. The molecule has 0 bridgehead atoms. The molecule has 3 rings (SSSR count). The van der Waals surface area contributed by atoms with Gasteiger partial charge in [0.2, 0.25) is 6.20 Å². The highest BCUT2D eigenvalue weighted by molar-refractivity contribution is 9.15. The normalized spacial score (nSPS) is 10.6. The second-order valence-corrected chi connectivity index (χ2v) is 9.31. The van der Waals surface area contributed by atoms with Crippen LogP contribution in [0.4, 0.5) is 5.69 Å². The minimum atomic E-state index is -1.28. The van der Waals surface area contributed by atoms with Crippen molar-refractivity contribution < 1.29 is 29.4 Å². The van der Waals surface area contributed by atoms with Crippen molar-refractivity contribution in [1.29, 1.82) is 0 Å². The van der Waals surface area contributed by atoms with Crippen molar-refractivity contribution in [2.75, 3.05) is 5.32 Å². The smallest absolute Gasteiger partial charge is 0.417 e. The van der Waals surface area contributed by atoms with Gasteiger partial charge >= 0.3 is 11.8 Å². The first kappa shape index (κ1) is 23.7. The molecule has 1 heterocycles. The van der Waals surface area contributed by atoms with Crippen LogP contribution in [0.3, 0.4) is 0 Å². The highest BCUT2D eigenvalue weighted by atomic mass is 79.9. The lowest BCUT2D eigenvalue weighted by Gasteiger charge is -2.14. The zero-order valence-electron chi connectivity index (χ0n) is 15.4. The highest BCUT2D eigenvalue weighted by Crippen LogP contribution is 2.42. The molecule has 0 fully saturated rings. The minimum absolute atomic E-state index is 0.0941. The van der Waals surface area contributed by atoms with E-state index in [1.165, 1.54) is 18.3 Å². The van der Waals surface area contributed by atoms with Gasteiger partial charge in [-0.1, -0.05) is 30.3 Å². The van der Waals surface area contributed by atoms with E-state index < -0.39 is 11.9 Å². The fourth-order valence-corrected chi connectivity index (χ4v) is 5.10. The summed E-state index contributed by atoms with van der Waals surface area (Å²) in [5.74, 6) is -1.80. The number of carbonyl (C=O) groups excluding carboxylic acids is 1. The van der Waals surface area contributed by atoms with Crippen LogP contribution in [0.25, 0.3) is 0 Å². The van der Waals surface area contributed by atoms with E-state index in [2.05, 4.69) is 69.0 Å². The van der Waals surface area contributed by atoms with Crippen molar-refractivity contribution in [3.63, 3.8) is 0 Å². The number of ether oxygens (including phenoxy) is 1. The summed E-state index contributed by atoms with van der Waals surface area (Å²) in [5.41, 5.74) is 0.845. The fraction of sp³-hybridized carbons (Fsp3) is 0.0500. The second-order valence-electron chi connectivity index (χ2n) is 6.14. The molecule has 3 aromatic rings. The van der Waals surface area contributed by atoms with Gasteiger partial charge in [-0.15, -0.1) is 0 Å². The van der Waals surface area contributed by atoms with Crippen molar-refractivity contribution >= 4 is 81.3 Å². The molecule has 0 aliphatic carbocycles. The maximum atomic E-state index is 12.9. The molecule has 1 aromatic heterocycles. The van der Waals surface area contributed by atoms with E-state index in [4.69, 9.17) is 4.74 Å². The Bertz CT molecular complexity index is 1170. The standard InChI is InChI=1S/C20H12Br4N2O5/c21-15-13(14(20(28)29)16(22)18(24)17(15)23)19(27)25-11-6-7-12(26(30)8-11)31-9-10-4-2-1-3-5-10/h1-8H,9H2,(H2-,25,27,28,29,30)/p+1. The van der Waals surface area contributed by atoms with Gasteiger partial charge in [-0.3, -0.25) is 10.0 Å². The van der Waals surface area contributed by atoms with Crippen LogP contribution in [0, 0.1) is 0 Å². The SMILES string of the molecule is O=C(O)c1c(Br)c(Br)c(Br)c(Br)c1C(=O)Nc1ccc(OCc2ccccc2)[n+](O)c1. The first-order chi connectivity index (χ1) is 14.7. The van der Waals surface area contributed by atoms with Crippen LogP contribution in [0.1, 0.15) is 26.3 Å². The molecule has 2 aromatic carbocycles. The molecule has 0 saturated carbocycles. The number of nitrogens with zero attached hydrogens (tertiary/aromatic N) is 1. The summed E-state index contributed by atoms with van der Waals surface area (Å²) in [5, 5.41) is 22.4. The summed E-state index contributed by atoms with van der Waals surface area (Å²) < 4.78 is 7.70. The van der Waals surface area contributed by atoms with Gasteiger partial charge in [0.05, 0.1) is 17.2 Å². The van der Waals surface area contributed by atoms with Gasteiger partial charge in [0.25, 0.3) is 5.91 Å². The van der Waals surface area contributed by atoms with Crippen LogP contribution in [0.15, 0.2) is 66.6 Å². The number of anilines is 1. The number of nitrogens with one attached hydrogen (secondary N) is 1. The number of aromatic carboxylic acids is 1. The quantitative estimate of drug-likeness (QED) is 0.133. The van der Waals surface area contributed by atoms with Gasteiger partial charge < -0.3 is 15.2 Å². The number of hydrogen-bond donors (Lipinski definition) is 3. The van der Waals surface area contributed by atoms with E-state index in [1.807, 2.05) is 30.3 Å². The van der Waals surface area contributed by atoms with Crippen molar-refractivity contribution in [2.45, 2.75) is 6.61 Å². The molecule has 0 aliphatic rings. The Balaban J connectivity index is 1.84. The second kappa shape index (κ2) is 10.1. The lowest BCUT2D eigenvalue weighted by Crippen LogP contribution is -2.33. The number of pyridine rings is 1. The molecule has 31 heavy (non-hydrogen) atoms. The molecule has 0 radical (unpaired) electrons. The maximum Gasteiger partial charge on any atom is 0.417 e. The first-order valence-corrected chi connectivity index (χ1v) is 11.7. The van der Waals surface area contributed by atoms with Crippen LogP contribution in [-0.4, -0.2) is 22.2 Å². The Morgan fingerprint density at radius 3 is 2.10 bits per heavy atom. The van der Waals surface area contributed by atoms with E-state index in [1.54, 1.807) is 0 Å². The zero-order valence-corrected chi connectivity index (χ0v) is 21.7. The molecule has 0 saturated heterocycles. The van der Waals surface area contributed by atoms with E-state index in [9.17, 15) is 19.9 Å². The molecule has 3 N–H and O–H groups in total. The Hall–Kier alpha value is -1.95. The molecule has 7 nitrogen and oxygen atoms in total. The van der Waals surface area contributed by atoms with Crippen molar-refractivity contribution in [3.8, 4) is 5.88 Å². The first-order valence-electron chi connectivity index (χ1n) is 8.53. The molecular formula is C20H13Br4N2O5+. The van der Waals surface area contributed by atoms with E-state index in [0.29, 0.717) is 8.95 Å². The van der Waals surface area contributed by atoms with E-state index in [0.717, 1.165) is 10.3 Å². The number of rotatable bonds is 6. The summed E-state index contributed by atoms with van der Waals surface area (Å²) in [4.78, 5) is 24.7. The van der Waals surface area contributed by atoms with Gasteiger partial charge in [-0.05, 0) is 75.3 Å². The summed E-state index contributed by atoms with van der Waals surface area (Å²) >= 11 is 13.1. The maximum absolute atomic E-state index is 12.9. The van der Waals surface area contributed by atoms with Crippen molar-refractivity contribution in [3.05, 3.63) is 83.2 Å². The average molecular weight is 681 g/mol. The molecule has 0 atom stereocenters. The lowest BCUT2D eigenvalue weighted by molar-refractivity contribution is -0.906. The summed E-state index contributed by atoms with van der Waals surface area (Å²) in [7, 11) is 0. The number of benzene rings is 2. The fourth-order valence-electron chi connectivity index (χ4n) is 2.63. The monoisotopic (exact) mass is 677 g/mol. The van der Waals surface area contributed by atoms with Gasteiger partial charge in [-0.25, -0.2) is 4.79 Å². The number of carbonyl (C=O) groups is 2. The Morgan fingerprint density at radius 1 is 0.903 bits per heavy atom. The van der Waals surface area contributed by atoms with Crippen LogP contribution >= 0.6 is 63.7 Å². The van der Waals surface area contributed by atoms with E-state index >= 15 is 0 Å². The molecule has 0 unspecified atom stereocenters. The van der Waals surface area contributed by atoms with Crippen LogP contribution < -0.4 is 14.8 Å². The number of amides is 1. The van der Waals surface area contributed by atoms with Crippen LogP contribution in [-0.2, 0) is 6.61 Å². The molecule has 0 aliphatic heterocycles. The third kappa shape index (κ3) is 5.28. The number of hydrogen-bond acceptors (Lipinski definition) is 4. The number of carboxylic acids is 1.